The topological polar surface area (TPSA) is 118 Å². The average molecular weight is 595 g/mol. The zero-order valence-electron chi connectivity index (χ0n) is 22.2. The lowest BCUT2D eigenvalue weighted by Gasteiger charge is -2.24. The van der Waals surface area contributed by atoms with Crippen molar-refractivity contribution in [3.63, 3.8) is 0 Å². The molecule has 1 heterocycles. The number of anilines is 1. The van der Waals surface area contributed by atoms with E-state index in [4.69, 9.17) is 10.5 Å². The SMILES string of the molecule is Cc1ccc(S(=O)(=O)N(C(=O)[C@@H](N)Cc2ccccc2)c2n[nH]c3ccc(OCc4cc(F)c(F)cc4F)cc23)cc1. The Morgan fingerprint density at radius 2 is 1.64 bits per heavy atom. The van der Waals surface area contributed by atoms with Gasteiger partial charge in [-0.25, -0.2) is 21.6 Å². The molecular weight excluding hydrogens is 569 g/mol. The number of hydrogen-bond acceptors (Lipinski definition) is 6. The van der Waals surface area contributed by atoms with Crippen LogP contribution in [0, 0.1) is 24.4 Å². The standard InChI is InChI=1S/C30H25F3N4O4S/c1-18-7-10-22(11-8-18)42(39,40)37(30(38)27(34)13-19-5-3-2-4-6-19)29-23-15-21(9-12-28(23)35-36-29)41-17-20-14-25(32)26(33)16-24(20)31/h2-12,14-16,27H,13,17,34H2,1H3,(H,35,36)/t27-/m0/s1. The Bertz CT molecular complexity index is 1860. The maximum Gasteiger partial charge on any atom is 0.272 e. The number of halogens is 3. The molecule has 0 aliphatic rings. The maximum atomic E-state index is 14.1. The molecule has 0 saturated heterocycles. The van der Waals surface area contributed by atoms with Crippen LogP contribution in [0.15, 0.2) is 89.8 Å². The lowest BCUT2D eigenvalue weighted by Crippen LogP contribution is -2.48. The van der Waals surface area contributed by atoms with E-state index in [0.29, 0.717) is 22.0 Å². The molecule has 0 bridgehead atoms. The van der Waals surface area contributed by atoms with E-state index in [-0.39, 0.29) is 33.8 Å². The molecule has 0 aliphatic carbocycles. The van der Waals surface area contributed by atoms with E-state index in [2.05, 4.69) is 10.2 Å². The number of rotatable bonds is 9. The summed E-state index contributed by atoms with van der Waals surface area (Å²) >= 11 is 0. The zero-order valence-corrected chi connectivity index (χ0v) is 23.0. The molecule has 0 unspecified atom stereocenters. The average Bonchev–Trinajstić information content (AvgIpc) is 3.37. The fourth-order valence-electron chi connectivity index (χ4n) is 4.32. The van der Waals surface area contributed by atoms with Gasteiger partial charge in [0, 0.05) is 17.0 Å². The summed E-state index contributed by atoms with van der Waals surface area (Å²) in [4.78, 5) is 13.7. The van der Waals surface area contributed by atoms with Crippen LogP contribution >= 0.6 is 0 Å². The van der Waals surface area contributed by atoms with E-state index in [1.54, 1.807) is 43.3 Å². The Hall–Kier alpha value is -4.68. The molecule has 0 radical (unpaired) electrons. The van der Waals surface area contributed by atoms with Gasteiger partial charge in [-0.1, -0.05) is 48.0 Å². The van der Waals surface area contributed by atoms with Crippen molar-refractivity contribution in [1.82, 2.24) is 10.2 Å². The number of nitrogens with one attached hydrogen (secondary N) is 1. The molecule has 1 atom stereocenters. The minimum atomic E-state index is -4.50. The predicted octanol–water partition coefficient (Wildman–Crippen LogP) is 5.16. The summed E-state index contributed by atoms with van der Waals surface area (Å²) in [5.74, 6) is -4.59. The Kier molecular flexibility index (Phi) is 8.01. The quantitative estimate of drug-likeness (QED) is 0.228. The number of aromatic nitrogens is 2. The second kappa shape index (κ2) is 11.7. The highest BCUT2D eigenvalue weighted by atomic mass is 32.2. The summed E-state index contributed by atoms with van der Waals surface area (Å²) in [5, 5.41) is 7.05. The number of nitrogens with zero attached hydrogens (tertiary/aromatic N) is 2. The molecule has 0 fully saturated rings. The summed E-state index contributed by atoms with van der Waals surface area (Å²) in [5.41, 5.74) is 7.95. The normalized spacial score (nSPS) is 12.3. The molecule has 5 aromatic rings. The van der Waals surface area contributed by atoms with Crippen LogP contribution in [0.3, 0.4) is 0 Å². The summed E-state index contributed by atoms with van der Waals surface area (Å²) in [6, 6.07) is 19.2. The molecular formula is C30H25F3N4O4S. The van der Waals surface area contributed by atoms with E-state index >= 15 is 0 Å². The second-order valence-electron chi connectivity index (χ2n) is 9.62. The first-order chi connectivity index (χ1) is 20.0. The molecule has 0 saturated carbocycles. The van der Waals surface area contributed by atoms with Crippen molar-refractivity contribution in [2.75, 3.05) is 4.31 Å². The molecule has 4 aromatic carbocycles. The number of benzene rings is 4. The van der Waals surface area contributed by atoms with Crippen LogP contribution in [-0.2, 0) is 27.8 Å². The van der Waals surface area contributed by atoms with Gasteiger partial charge in [0.05, 0.1) is 16.5 Å². The van der Waals surface area contributed by atoms with Crippen molar-refractivity contribution in [2.45, 2.75) is 30.9 Å². The van der Waals surface area contributed by atoms with Crippen LogP contribution in [-0.4, -0.2) is 30.6 Å². The summed E-state index contributed by atoms with van der Waals surface area (Å²) < 4.78 is 75.1. The number of sulfonamides is 1. The van der Waals surface area contributed by atoms with Gasteiger partial charge in [0.25, 0.3) is 15.9 Å². The van der Waals surface area contributed by atoms with Crippen LogP contribution in [0.2, 0.25) is 0 Å². The molecule has 5 rings (SSSR count). The van der Waals surface area contributed by atoms with Crippen molar-refractivity contribution < 1.29 is 31.1 Å². The van der Waals surface area contributed by atoms with Gasteiger partial charge in [-0.05, 0) is 55.3 Å². The predicted molar refractivity (Wildman–Crippen MR) is 151 cm³/mol. The van der Waals surface area contributed by atoms with Crippen molar-refractivity contribution in [3.8, 4) is 5.75 Å². The first-order valence-electron chi connectivity index (χ1n) is 12.7. The van der Waals surface area contributed by atoms with Gasteiger partial charge in [-0.15, -0.1) is 0 Å². The number of aromatic amines is 1. The summed E-state index contributed by atoms with van der Waals surface area (Å²) in [6.45, 7) is 1.35. The molecule has 1 amide bonds. The third-order valence-corrected chi connectivity index (χ3v) is 8.27. The number of amides is 1. The second-order valence-corrected chi connectivity index (χ2v) is 11.4. The Morgan fingerprint density at radius 3 is 2.36 bits per heavy atom. The Morgan fingerprint density at radius 1 is 0.952 bits per heavy atom. The number of aryl methyl sites for hydroxylation is 1. The van der Waals surface area contributed by atoms with E-state index in [0.717, 1.165) is 11.1 Å². The zero-order chi connectivity index (χ0) is 30.0. The maximum absolute atomic E-state index is 14.1. The van der Waals surface area contributed by atoms with Crippen LogP contribution in [0.1, 0.15) is 16.7 Å². The Labute approximate surface area is 239 Å². The number of nitrogens with two attached hydrogens (primary N) is 1. The number of ether oxygens (including phenoxy) is 1. The van der Waals surface area contributed by atoms with Gasteiger partial charge < -0.3 is 10.5 Å². The van der Waals surface area contributed by atoms with Gasteiger partial charge in [0.2, 0.25) is 0 Å². The van der Waals surface area contributed by atoms with Gasteiger partial charge in [0.15, 0.2) is 17.5 Å². The minimum absolute atomic E-state index is 0.0656. The number of carbonyl (C=O) groups is 1. The van der Waals surface area contributed by atoms with Crippen LogP contribution in [0.4, 0.5) is 19.0 Å². The third-order valence-electron chi connectivity index (χ3n) is 6.57. The lowest BCUT2D eigenvalue weighted by atomic mass is 10.1. The molecule has 0 spiro atoms. The molecule has 42 heavy (non-hydrogen) atoms. The largest absolute Gasteiger partial charge is 0.489 e. The summed E-state index contributed by atoms with van der Waals surface area (Å²) in [6.07, 6.45) is 0.0656. The van der Waals surface area contributed by atoms with Crippen LogP contribution in [0.25, 0.3) is 10.9 Å². The van der Waals surface area contributed by atoms with Crippen molar-refractivity contribution in [1.29, 1.82) is 0 Å². The number of carbonyl (C=O) groups excluding carboxylic acids is 1. The minimum Gasteiger partial charge on any atom is -0.489 e. The fraction of sp³-hybridized carbons (Fsp3) is 0.133. The molecule has 1 aromatic heterocycles. The highest BCUT2D eigenvalue weighted by molar-refractivity contribution is 7.93. The van der Waals surface area contributed by atoms with Crippen molar-refractivity contribution in [3.05, 3.63) is 119 Å². The van der Waals surface area contributed by atoms with Crippen LogP contribution < -0.4 is 14.8 Å². The number of H-pyrrole nitrogens is 1. The van der Waals surface area contributed by atoms with Crippen molar-refractivity contribution in [2.24, 2.45) is 5.73 Å². The van der Waals surface area contributed by atoms with E-state index < -0.39 is 46.0 Å². The number of hydrogen-bond donors (Lipinski definition) is 2. The molecule has 216 valence electrons. The van der Waals surface area contributed by atoms with E-state index in [9.17, 15) is 26.4 Å². The highest BCUT2D eigenvalue weighted by Crippen LogP contribution is 2.33. The van der Waals surface area contributed by atoms with Crippen LogP contribution in [0.5, 0.6) is 5.75 Å². The molecule has 12 heteroatoms. The van der Waals surface area contributed by atoms with Gasteiger partial charge in [-0.2, -0.15) is 9.40 Å². The highest BCUT2D eigenvalue weighted by Gasteiger charge is 2.37. The first kappa shape index (κ1) is 28.8. The van der Waals surface area contributed by atoms with Crippen molar-refractivity contribution >= 4 is 32.7 Å². The lowest BCUT2D eigenvalue weighted by molar-refractivity contribution is -0.118. The number of fused-ring (bicyclic) bond motifs is 1. The van der Waals surface area contributed by atoms with E-state index in [1.165, 1.54) is 30.3 Å². The first-order valence-corrected chi connectivity index (χ1v) is 14.2. The molecule has 8 nitrogen and oxygen atoms in total. The van der Waals surface area contributed by atoms with Gasteiger partial charge in [0.1, 0.15) is 18.2 Å². The van der Waals surface area contributed by atoms with Gasteiger partial charge in [-0.3, -0.25) is 9.89 Å². The summed E-state index contributed by atoms with van der Waals surface area (Å²) in [7, 11) is -4.50. The van der Waals surface area contributed by atoms with Gasteiger partial charge >= 0.3 is 0 Å². The molecule has 0 aliphatic heterocycles. The Balaban J connectivity index is 1.54. The fourth-order valence-corrected chi connectivity index (χ4v) is 5.75. The monoisotopic (exact) mass is 594 g/mol. The third kappa shape index (κ3) is 5.85. The molecule has 3 N–H and O–H groups in total. The van der Waals surface area contributed by atoms with E-state index in [1.807, 2.05) is 6.07 Å². The smallest absolute Gasteiger partial charge is 0.272 e.